The zero-order valence-corrected chi connectivity index (χ0v) is 13.5. The minimum absolute atomic E-state index is 0.0964. The van der Waals surface area contributed by atoms with Crippen molar-refractivity contribution in [3.05, 3.63) is 90.3 Å². The average molecular weight is 328 g/mol. The lowest BCUT2D eigenvalue weighted by Crippen LogP contribution is -2.22. The predicted octanol–water partition coefficient (Wildman–Crippen LogP) is 4.42. The lowest BCUT2D eigenvalue weighted by Gasteiger charge is -2.07. The summed E-state index contributed by atoms with van der Waals surface area (Å²) >= 11 is 0. The van der Waals surface area contributed by atoms with E-state index in [-0.39, 0.29) is 5.91 Å². The maximum absolute atomic E-state index is 12.4. The van der Waals surface area contributed by atoms with Gasteiger partial charge >= 0.3 is 0 Å². The zero-order chi connectivity index (χ0) is 17.1. The van der Waals surface area contributed by atoms with Crippen molar-refractivity contribution in [3.8, 4) is 11.5 Å². The van der Waals surface area contributed by atoms with Crippen molar-refractivity contribution in [2.45, 2.75) is 6.54 Å². The number of carbonyl (C=O) groups excluding carboxylic acids is 1. The summed E-state index contributed by atoms with van der Waals surface area (Å²) in [6.45, 7) is 0.428. The third-order valence-corrected chi connectivity index (χ3v) is 4.06. The Morgan fingerprint density at radius 2 is 1.84 bits per heavy atom. The molecule has 4 aromatic rings. The number of nitrogens with zero attached hydrogens (tertiary/aromatic N) is 1. The fourth-order valence-corrected chi connectivity index (χ4v) is 2.71. The normalized spacial score (nSPS) is 10.7. The first kappa shape index (κ1) is 15.1. The SMILES string of the molecule is O=C(NCc1ccc(-c2ccco2)nc1)c1ccc2ccccc2c1. The summed E-state index contributed by atoms with van der Waals surface area (Å²) in [7, 11) is 0. The van der Waals surface area contributed by atoms with E-state index in [2.05, 4.69) is 10.3 Å². The summed E-state index contributed by atoms with van der Waals surface area (Å²) in [6.07, 6.45) is 3.37. The van der Waals surface area contributed by atoms with Crippen molar-refractivity contribution in [2.75, 3.05) is 0 Å². The number of amides is 1. The van der Waals surface area contributed by atoms with Crippen LogP contribution in [0.1, 0.15) is 15.9 Å². The van der Waals surface area contributed by atoms with E-state index in [1.54, 1.807) is 12.5 Å². The predicted molar refractivity (Wildman–Crippen MR) is 97.1 cm³/mol. The lowest BCUT2D eigenvalue weighted by atomic mass is 10.1. The number of hydrogen-bond acceptors (Lipinski definition) is 3. The number of fused-ring (bicyclic) bond motifs is 1. The van der Waals surface area contributed by atoms with E-state index in [1.165, 1.54) is 0 Å². The molecular weight excluding hydrogens is 312 g/mol. The van der Waals surface area contributed by atoms with Gasteiger partial charge in [0.1, 0.15) is 5.69 Å². The van der Waals surface area contributed by atoms with Gasteiger partial charge in [-0.1, -0.05) is 36.4 Å². The van der Waals surface area contributed by atoms with Gasteiger partial charge in [0.25, 0.3) is 5.91 Å². The molecule has 0 aliphatic heterocycles. The number of nitrogens with one attached hydrogen (secondary N) is 1. The van der Waals surface area contributed by atoms with Gasteiger partial charge in [0.15, 0.2) is 5.76 Å². The summed E-state index contributed by atoms with van der Waals surface area (Å²) in [5.74, 6) is 0.632. The molecule has 1 amide bonds. The number of carbonyl (C=O) groups is 1. The Balaban J connectivity index is 1.44. The van der Waals surface area contributed by atoms with Crippen LogP contribution in [0.25, 0.3) is 22.2 Å². The highest BCUT2D eigenvalue weighted by molar-refractivity contribution is 5.98. The fraction of sp³-hybridized carbons (Fsp3) is 0.0476. The minimum atomic E-state index is -0.0964. The Hall–Kier alpha value is -3.40. The van der Waals surface area contributed by atoms with E-state index >= 15 is 0 Å². The van der Waals surface area contributed by atoms with E-state index in [9.17, 15) is 4.79 Å². The molecule has 2 aromatic heterocycles. The van der Waals surface area contributed by atoms with Gasteiger partial charge in [0, 0.05) is 18.3 Å². The van der Waals surface area contributed by atoms with E-state index < -0.39 is 0 Å². The van der Waals surface area contributed by atoms with E-state index in [0.29, 0.717) is 12.1 Å². The molecule has 0 spiro atoms. The van der Waals surface area contributed by atoms with Gasteiger partial charge in [-0.2, -0.15) is 0 Å². The molecule has 4 nitrogen and oxygen atoms in total. The Bertz CT molecular complexity index is 1010. The molecule has 2 heterocycles. The Kier molecular flexibility index (Phi) is 4.01. The Morgan fingerprint density at radius 3 is 2.60 bits per heavy atom. The van der Waals surface area contributed by atoms with Crippen molar-refractivity contribution in [3.63, 3.8) is 0 Å². The molecule has 0 radical (unpaired) electrons. The fourth-order valence-electron chi connectivity index (χ4n) is 2.71. The van der Waals surface area contributed by atoms with E-state index in [0.717, 1.165) is 27.8 Å². The molecule has 0 atom stereocenters. The molecular formula is C21H16N2O2. The first-order valence-electron chi connectivity index (χ1n) is 8.05. The van der Waals surface area contributed by atoms with Crippen molar-refractivity contribution in [1.29, 1.82) is 0 Å². The molecule has 0 unspecified atom stereocenters. The van der Waals surface area contributed by atoms with E-state index in [1.807, 2.05) is 66.7 Å². The molecule has 0 bridgehead atoms. The first-order valence-corrected chi connectivity index (χ1v) is 8.05. The summed E-state index contributed by atoms with van der Waals surface area (Å²) in [5, 5.41) is 5.11. The third kappa shape index (κ3) is 3.28. The highest BCUT2D eigenvalue weighted by Gasteiger charge is 2.07. The second kappa shape index (κ2) is 6.61. The highest BCUT2D eigenvalue weighted by Crippen LogP contribution is 2.18. The number of pyridine rings is 1. The standard InChI is InChI=1S/C21H16N2O2/c24-21(18-9-8-16-4-1-2-5-17(16)12-18)23-14-15-7-10-19(22-13-15)20-6-3-11-25-20/h1-13H,14H2,(H,23,24). The third-order valence-electron chi connectivity index (χ3n) is 4.06. The lowest BCUT2D eigenvalue weighted by molar-refractivity contribution is 0.0951. The van der Waals surface area contributed by atoms with Gasteiger partial charge in [-0.25, -0.2) is 0 Å². The van der Waals surface area contributed by atoms with Gasteiger partial charge in [0.05, 0.1) is 6.26 Å². The number of benzene rings is 2. The molecule has 25 heavy (non-hydrogen) atoms. The number of aromatic nitrogens is 1. The molecule has 0 aliphatic carbocycles. The van der Waals surface area contributed by atoms with Gasteiger partial charge in [-0.3, -0.25) is 9.78 Å². The van der Waals surface area contributed by atoms with Crippen LogP contribution in [-0.2, 0) is 6.54 Å². The molecule has 4 rings (SSSR count). The minimum Gasteiger partial charge on any atom is -0.463 e. The number of furan rings is 1. The first-order chi connectivity index (χ1) is 12.3. The summed E-state index contributed by atoms with van der Waals surface area (Å²) < 4.78 is 5.32. The second-order valence-corrected chi connectivity index (χ2v) is 5.77. The molecule has 0 aliphatic rings. The van der Waals surface area contributed by atoms with Gasteiger partial charge in [-0.15, -0.1) is 0 Å². The quantitative estimate of drug-likeness (QED) is 0.603. The summed E-state index contributed by atoms with van der Waals surface area (Å²) in [5.41, 5.74) is 2.36. The number of hydrogen-bond donors (Lipinski definition) is 1. The van der Waals surface area contributed by atoms with Crippen LogP contribution in [0.15, 0.2) is 83.6 Å². The second-order valence-electron chi connectivity index (χ2n) is 5.77. The smallest absolute Gasteiger partial charge is 0.251 e. The molecule has 1 N–H and O–H groups in total. The van der Waals surface area contributed by atoms with Gasteiger partial charge < -0.3 is 9.73 Å². The molecule has 122 valence electrons. The maximum atomic E-state index is 12.4. The largest absolute Gasteiger partial charge is 0.463 e. The topological polar surface area (TPSA) is 55.1 Å². The summed E-state index contributed by atoms with van der Waals surface area (Å²) in [6, 6.07) is 21.2. The van der Waals surface area contributed by atoms with Crippen LogP contribution in [0.3, 0.4) is 0 Å². The molecule has 0 saturated heterocycles. The van der Waals surface area contributed by atoms with E-state index in [4.69, 9.17) is 4.42 Å². The van der Waals surface area contributed by atoms with Gasteiger partial charge in [-0.05, 0) is 46.7 Å². The van der Waals surface area contributed by atoms with Gasteiger partial charge in [0.2, 0.25) is 0 Å². The maximum Gasteiger partial charge on any atom is 0.251 e. The van der Waals surface area contributed by atoms with Crippen LogP contribution >= 0.6 is 0 Å². The molecule has 0 saturated carbocycles. The van der Waals surface area contributed by atoms with Crippen molar-refractivity contribution < 1.29 is 9.21 Å². The molecule has 0 fully saturated rings. The number of rotatable bonds is 4. The van der Waals surface area contributed by atoms with Crippen LogP contribution in [0.5, 0.6) is 0 Å². The van der Waals surface area contributed by atoms with Crippen LogP contribution in [0, 0.1) is 0 Å². The van der Waals surface area contributed by atoms with Crippen molar-refractivity contribution in [1.82, 2.24) is 10.3 Å². The zero-order valence-electron chi connectivity index (χ0n) is 13.5. The van der Waals surface area contributed by atoms with Crippen LogP contribution < -0.4 is 5.32 Å². The monoisotopic (exact) mass is 328 g/mol. The van der Waals surface area contributed by atoms with Crippen LogP contribution in [0.4, 0.5) is 0 Å². The van der Waals surface area contributed by atoms with Crippen LogP contribution in [-0.4, -0.2) is 10.9 Å². The molecule has 4 heteroatoms. The highest BCUT2D eigenvalue weighted by atomic mass is 16.3. The Labute approximate surface area is 145 Å². The summed E-state index contributed by atoms with van der Waals surface area (Å²) in [4.78, 5) is 16.7. The Morgan fingerprint density at radius 1 is 0.960 bits per heavy atom. The van der Waals surface area contributed by atoms with Crippen molar-refractivity contribution >= 4 is 16.7 Å². The average Bonchev–Trinajstić information content (AvgIpc) is 3.21. The molecule has 2 aromatic carbocycles. The van der Waals surface area contributed by atoms with Crippen molar-refractivity contribution in [2.24, 2.45) is 0 Å². The van der Waals surface area contributed by atoms with Crippen LogP contribution in [0.2, 0.25) is 0 Å².